The van der Waals surface area contributed by atoms with E-state index >= 15 is 0 Å². The van der Waals surface area contributed by atoms with Crippen LogP contribution in [-0.2, 0) is 44.9 Å². The Labute approximate surface area is 647 Å². The minimum Gasteiger partial charge on any atom is -0.490 e. The van der Waals surface area contributed by atoms with Gasteiger partial charge in [0.1, 0.15) is 59.1 Å². The average molecular weight is 1530 g/mol. The number of aryl methyl sites for hydroxylation is 3. The fraction of sp³-hybridized carbons (Fsp3) is 0.321. The molecule has 5 heterocycles. The molecule has 0 spiro atoms. The number of imidazole rings is 3. The van der Waals surface area contributed by atoms with Crippen molar-refractivity contribution < 1.29 is 52.0 Å². The van der Waals surface area contributed by atoms with Gasteiger partial charge in [-0.2, -0.15) is 34.1 Å². The molecule has 5 aromatic heterocycles. The Morgan fingerprint density at radius 2 is 1.01 bits per heavy atom. The molecule has 11 aromatic rings. The first-order valence-corrected chi connectivity index (χ1v) is 36.4. The van der Waals surface area contributed by atoms with E-state index < -0.39 is 30.0 Å². The highest BCUT2D eigenvalue weighted by atomic mass is 35.5. The number of aliphatic hydroxyl groups excluding tert-OH is 2. The van der Waals surface area contributed by atoms with Crippen LogP contribution in [0.1, 0.15) is 169 Å². The number of hydrogen-bond donors (Lipinski definition) is 6. The van der Waals surface area contributed by atoms with Crippen molar-refractivity contribution in [3.8, 4) is 69.2 Å². The van der Waals surface area contributed by atoms with Gasteiger partial charge in [-0.25, -0.2) is 19.9 Å². The van der Waals surface area contributed by atoms with Crippen molar-refractivity contribution >= 4 is 35.0 Å². The van der Waals surface area contributed by atoms with Crippen LogP contribution < -0.4 is 30.2 Å². The summed E-state index contributed by atoms with van der Waals surface area (Å²) in [4.78, 5) is 56.5. The normalized spacial score (nSPS) is 12.2. The first-order chi connectivity index (χ1) is 52.8. The number of carbonyl (C=O) groups excluding carboxylic acids is 3. The lowest BCUT2D eigenvalue weighted by Gasteiger charge is -2.19. The maximum atomic E-state index is 13.2. The molecule has 0 aliphatic heterocycles. The molecule has 576 valence electrons. The summed E-state index contributed by atoms with van der Waals surface area (Å²) in [6.07, 6.45) is 5.88. The predicted molar refractivity (Wildman–Crippen MR) is 416 cm³/mol. The number of aliphatic hydroxyl groups is 2. The van der Waals surface area contributed by atoms with Crippen molar-refractivity contribution in [1.29, 1.82) is 15.8 Å². The second-order valence-corrected chi connectivity index (χ2v) is 28.9. The van der Waals surface area contributed by atoms with Crippen molar-refractivity contribution in [1.82, 2.24) is 59.6 Å². The van der Waals surface area contributed by atoms with Crippen LogP contribution >= 0.6 is 11.6 Å². The number of carbonyl (C=O) groups is 3. The molecule has 0 radical (unpaired) electrons. The number of alkyl halides is 3. The Hall–Kier alpha value is -12.2. The first-order valence-electron chi connectivity index (χ1n) is 36.0. The lowest BCUT2D eigenvalue weighted by atomic mass is 9.96. The van der Waals surface area contributed by atoms with E-state index in [9.17, 15) is 53.6 Å². The Balaban J connectivity index is 0.000000191. The molecule has 0 aliphatic rings. The van der Waals surface area contributed by atoms with E-state index in [1.807, 2.05) is 139 Å². The molecular formula is C84H89ClF3N15O8. The zero-order valence-electron chi connectivity index (χ0n) is 63.8. The number of hydrogen-bond acceptors (Lipinski definition) is 16. The molecule has 11 rings (SSSR count). The van der Waals surface area contributed by atoms with E-state index in [0.29, 0.717) is 88.0 Å². The summed E-state index contributed by atoms with van der Waals surface area (Å²) in [5, 5.41) is 63.7. The van der Waals surface area contributed by atoms with Gasteiger partial charge in [0.15, 0.2) is 0 Å². The van der Waals surface area contributed by atoms with Gasteiger partial charge in [-0.05, 0) is 170 Å². The Morgan fingerprint density at radius 3 is 1.41 bits per heavy atom. The number of H-pyrrole nitrogens is 1. The summed E-state index contributed by atoms with van der Waals surface area (Å²) in [6.45, 7) is 19.4. The predicted octanol–water partition coefficient (Wildman–Crippen LogP) is 14.7. The number of amides is 3. The van der Waals surface area contributed by atoms with Crippen LogP contribution in [0.4, 0.5) is 13.2 Å². The molecule has 3 unspecified atom stereocenters. The molecule has 111 heavy (non-hydrogen) atoms. The van der Waals surface area contributed by atoms with Gasteiger partial charge < -0.3 is 53.9 Å². The van der Waals surface area contributed by atoms with Crippen LogP contribution in [0, 0.1) is 40.9 Å². The van der Waals surface area contributed by atoms with Gasteiger partial charge in [-0.15, -0.1) is 0 Å². The second-order valence-electron chi connectivity index (χ2n) is 28.5. The molecule has 0 fully saturated rings. The number of nitriles is 3. The molecule has 6 N–H and O–H groups in total. The number of pyridine rings is 1. The van der Waals surface area contributed by atoms with Crippen molar-refractivity contribution in [3.05, 3.63) is 243 Å². The van der Waals surface area contributed by atoms with E-state index in [-0.39, 0.29) is 71.6 Å². The molecular weight excluding hydrogens is 1440 g/mol. The third kappa shape index (κ3) is 22.3. The molecule has 0 bridgehead atoms. The molecule has 27 heteroatoms. The van der Waals surface area contributed by atoms with Gasteiger partial charge in [-0.1, -0.05) is 99.1 Å². The van der Waals surface area contributed by atoms with Crippen LogP contribution in [-0.4, -0.2) is 115 Å². The highest BCUT2D eigenvalue weighted by molar-refractivity contribution is 6.33. The third-order valence-corrected chi connectivity index (χ3v) is 17.7. The standard InChI is InChI=1S/C29H29ClN4O3.C29H33N7O2.C26H27F3N4O3/c1-18(2)37-27-9-7-21(15-22(27)16-31)29(36)32-23(10-12-35)13-20-6-8-24(25(30)14-20)26-17-34-11-4-5-19(3)28(34)33-26;1-18(2)38-25-12-11-21(14-22(25)15-30)27(37)33-23(26-31-17-32-35-26)13-19-7-9-20(10-8-19)24-16-36(6)28(34-24)29(3,4)5;1-16(2)36-23-9-8-19(13-20(23)14-30)24(35)31-21(10-11-34)12-17-4-6-18(7-5-17)22-15-33(3)25(32-22)26(27,28)29/h4-9,11,14-15,17-18,23,35H,10,12-13H2,1-3H3,(H,32,36);7-12,14,16-18,23H,13H2,1-6H3,(H,33,37)(H,31,32,35);4-9,13,15-16,21,34H,10-12H2,1-3H3,(H,31,35). The molecule has 0 saturated carbocycles. The SMILES string of the molecule is CC(C)Oc1ccc(C(=O)NC(CCO)Cc2ccc(-c3cn(C)c(C(F)(F)F)n3)cc2)cc1C#N.CC(C)Oc1ccc(C(=O)NC(Cc2ccc(-c3cn(C)c(C(C)(C)C)n3)cc2)c2ncn[nH]2)cc1C#N.Cc1cccn2cc(-c3ccc(CC(CCO)NC(=O)c4ccc(OC(C)C)c(C#N)c4)cc3Cl)nc12. The fourth-order valence-corrected chi connectivity index (χ4v) is 12.6. The number of aromatic amines is 1. The van der Waals surface area contributed by atoms with Crippen LogP contribution in [0.3, 0.4) is 0 Å². The number of rotatable bonds is 26. The van der Waals surface area contributed by atoms with Gasteiger partial charge in [0.2, 0.25) is 5.82 Å². The monoisotopic (exact) mass is 1530 g/mol. The van der Waals surface area contributed by atoms with Gasteiger partial charge in [0.05, 0.1) is 63.1 Å². The highest BCUT2D eigenvalue weighted by Gasteiger charge is 2.36. The number of halogens is 4. The largest absolute Gasteiger partial charge is 0.490 e. The molecule has 3 atom stereocenters. The molecule has 23 nitrogen and oxygen atoms in total. The number of benzene rings is 6. The zero-order valence-corrected chi connectivity index (χ0v) is 64.5. The average Bonchev–Trinajstić information content (AvgIpc) is 1.71. The number of aromatic nitrogens is 9. The van der Waals surface area contributed by atoms with Crippen molar-refractivity contribution in [2.24, 2.45) is 14.1 Å². The quantitative estimate of drug-likeness (QED) is 0.0293. The molecule has 6 aromatic carbocycles. The van der Waals surface area contributed by atoms with E-state index in [0.717, 1.165) is 60.8 Å². The lowest BCUT2D eigenvalue weighted by molar-refractivity contribution is -0.146. The third-order valence-electron chi connectivity index (χ3n) is 17.4. The summed E-state index contributed by atoms with van der Waals surface area (Å²) >= 11 is 6.65. The second kappa shape index (κ2) is 37.3. The number of fused-ring (bicyclic) bond motifs is 1. The van der Waals surface area contributed by atoms with E-state index in [4.69, 9.17) is 35.8 Å². The van der Waals surface area contributed by atoms with Crippen molar-refractivity contribution in [2.45, 2.75) is 149 Å². The topological polar surface area (TPSA) is 321 Å². The Morgan fingerprint density at radius 1 is 0.568 bits per heavy atom. The summed E-state index contributed by atoms with van der Waals surface area (Å²) in [5.41, 5.74) is 10.8. The van der Waals surface area contributed by atoms with Gasteiger partial charge >= 0.3 is 6.18 Å². The van der Waals surface area contributed by atoms with Gasteiger partial charge in [-0.3, -0.25) is 19.5 Å². The van der Waals surface area contributed by atoms with Crippen LogP contribution in [0.5, 0.6) is 17.2 Å². The molecule has 0 aliphatic carbocycles. The number of nitrogens with one attached hydrogen (secondary N) is 4. The van der Waals surface area contributed by atoms with E-state index in [2.05, 4.69) is 73.6 Å². The van der Waals surface area contributed by atoms with E-state index in [1.165, 1.54) is 37.8 Å². The molecule has 3 amide bonds. The van der Waals surface area contributed by atoms with Crippen LogP contribution in [0.15, 0.2) is 165 Å². The number of nitrogens with zero attached hydrogens (tertiary/aromatic N) is 11. The molecule has 0 saturated heterocycles. The number of ether oxygens (including phenoxy) is 3. The van der Waals surface area contributed by atoms with Crippen molar-refractivity contribution in [3.63, 3.8) is 0 Å². The lowest BCUT2D eigenvalue weighted by Crippen LogP contribution is -2.37. The van der Waals surface area contributed by atoms with E-state index in [1.54, 1.807) is 60.7 Å². The fourth-order valence-electron chi connectivity index (χ4n) is 12.3. The maximum absolute atomic E-state index is 13.2. The maximum Gasteiger partial charge on any atom is 0.449 e. The Bertz CT molecular complexity index is 5180. The Kier molecular flexibility index (Phi) is 27.9. The first kappa shape index (κ1) is 82.9. The smallest absolute Gasteiger partial charge is 0.449 e. The minimum absolute atomic E-state index is 0.0504. The van der Waals surface area contributed by atoms with Gasteiger partial charge in [0.25, 0.3) is 17.7 Å². The summed E-state index contributed by atoms with van der Waals surface area (Å²) in [6, 6.07) is 44.0. The van der Waals surface area contributed by atoms with Gasteiger partial charge in [0, 0.05) is 103 Å². The summed E-state index contributed by atoms with van der Waals surface area (Å²) in [5.74, 6) is 0.834. The summed E-state index contributed by atoms with van der Waals surface area (Å²) in [7, 11) is 3.31. The van der Waals surface area contributed by atoms with Crippen molar-refractivity contribution in [2.75, 3.05) is 13.2 Å². The van der Waals surface area contributed by atoms with Crippen LogP contribution in [0.2, 0.25) is 5.02 Å². The highest BCUT2D eigenvalue weighted by Crippen LogP contribution is 2.34. The zero-order chi connectivity index (χ0) is 80.4. The summed E-state index contributed by atoms with van der Waals surface area (Å²) < 4.78 is 61.0. The van der Waals surface area contributed by atoms with Crippen LogP contribution in [0.25, 0.3) is 39.4 Å². The minimum atomic E-state index is -4.54.